The van der Waals surface area contributed by atoms with Crippen molar-refractivity contribution in [1.82, 2.24) is 10.2 Å². The second kappa shape index (κ2) is 6.85. The summed E-state index contributed by atoms with van der Waals surface area (Å²) >= 11 is 0. The Labute approximate surface area is 123 Å². The van der Waals surface area contributed by atoms with E-state index in [2.05, 4.69) is 5.32 Å². The molecule has 4 nitrogen and oxygen atoms in total. The minimum atomic E-state index is -0.596. The molecular formula is C15H20F2N2O2. The van der Waals surface area contributed by atoms with Crippen LogP contribution in [-0.4, -0.2) is 38.1 Å². The van der Waals surface area contributed by atoms with Gasteiger partial charge in [-0.1, -0.05) is 0 Å². The van der Waals surface area contributed by atoms with E-state index in [9.17, 15) is 13.6 Å². The molecule has 1 aliphatic rings. The van der Waals surface area contributed by atoms with Crippen LogP contribution in [0.1, 0.15) is 18.4 Å². The number of hydrogen-bond donors (Lipinski definition) is 1. The molecule has 0 aliphatic carbocycles. The second-order valence-electron chi connectivity index (χ2n) is 5.34. The summed E-state index contributed by atoms with van der Waals surface area (Å²) in [7, 11) is 2.98. The van der Waals surface area contributed by atoms with Crippen LogP contribution in [0.2, 0.25) is 0 Å². The van der Waals surface area contributed by atoms with Crippen LogP contribution in [0.5, 0.6) is 5.75 Å². The van der Waals surface area contributed by atoms with Gasteiger partial charge in [-0.15, -0.1) is 0 Å². The molecule has 0 radical (unpaired) electrons. The van der Waals surface area contributed by atoms with Gasteiger partial charge >= 0.3 is 0 Å². The maximum atomic E-state index is 13.9. The molecule has 116 valence electrons. The maximum absolute atomic E-state index is 13.9. The molecule has 1 aromatic carbocycles. The minimum absolute atomic E-state index is 0.00339. The van der Waals surface area contributed by atoms with Crippen LogP contribution < -0.4 is 10.1 Å². The first kappa shape index (κ1) is 15.7. The van der Waals surface area contributed by atoms with Crippen molar-refractivity contribution in [3.63, 3.8) is 0 Å². The third-order valence-electron chi connectivity index (χ3n) is 3.85. The Hall–Kier alpha value is -1.69. The SMILES string of the molecule is CNC(=O)CC1CCN(Cc2c(F)cc(OC)cc2F)C1. The van der Waals surface area contributed by atoms with Gasteiger partial charge in [0.15, 0.2) is 0 Å². The number of carbonyl (C=O) groups is 1. The highest BCUT2D eigenvalue weighted by Crippen LogP contribution is 2.25. The lowest BCUT2D eigenvalue weighted by Crippen LogP contribution is -2.25. The summed E-state index contributed by atoms with van der Waals surface area (Å²) in [5, 5.41) is 2.60. The fourth-order valence-electron chi connectivity index (χ4n) is 2.66. The first-order valence-electron chi connectivity index (χ1n) is 6.98. The predicted molar refractivity (Wildman–Crippen MR) is 75.0 cm³/mol. The van der Waals surface area contributed by atoms with Crippen LogP contribution in [0.25, 0.3) is 0 Å². The number of halogens is 2. The monoisotopic (exact) mass is 298 g/mol. The van der Waals surface area contributed by atoms with Gasteiger partial charge in [-0.3, -0.25) is 9.69 Å². The van der Waals surface area contributed by atoms with Crippen LogP contribution in [0.4, 0.5) is 8.78 Å². The Morgan fingerprint density at radius 1 is 1.43 bits per heavy atom. The number of hydrogen-bond acceptors (Lipinski definition) is 3. The molecule has 1 aromatic rings. The van der Waals surface area contributed by atoms with Gasteiger partial charge in [0, 0.05) is 44.3 Å². The quantitative estimate of drug-likeness (QED) is 0.903. The molecular weight excluding hydrogens is 278 g/mol. The zero-order chi connectivity index (χ0) is 15.4. The van der Waals surface area contributed by atoms with E-state index in [4.69, 9.17) is 4.74 Å². The number of ether oxygens (including phenoxy) is 1. The molecule has 1 saturated heterocycles. The molecule has 6 heteroatoms. The second-order valence-corrected chi connectivity index (χ2v) is 5.34. The van der Waals surface area contributed by atoms with E-state index in [1.807, 2.05) is 4.90 Å². The van der Waals surface area contributed by atoms with E-state index >= 15 is 0 Å². The summed E-state index contributed by atoms with van der Waals surface area (Å²) in [6, 6.07) is 2.38. The smallest absolute Gasteiger partial charge is 0.220 e. The normalized spacial score (nSPS) is 18.8. The Balaban J connectivity index is 1.99. The van der Waals surface area contributed by atoms with E-state index in [1.165, 1.54) is 19.2 Å². The standard InChI is InChI=1S/C15H20F2N2O2/c1-18-15(20)5-10-3-4-19(8-10)9-12-13(16)6-11(21-2)7-14(12)17/h6-7,10H,3-5,8-9H2,1-2H3,(H,18,20). The van der Waals surface area contributed by atoms with Gasteiger partial charge in [0.05, 0.1) is 7.11 Å². The number of benzene rings is 1. The van der Waals surface area contributed by atoms with E-state index in [0.29, 0.717) is 13.0 Å². The van der Waals surface area contributed by atoms with Crippen LogP contribution in [0, 0.1) is 17.6 Å². The average Bonchev–Trinajstić information content (AvgIpc) is 2.89. The van der Waals surface area contributed by atoms with Crippen LogP contribution in [0.15, 0.2) is 12.1 Å². The number of methoxy groups -OCH3 is 1. The van der Waals surface area contributed by atoms with Crippen molar-refractivity contribution in [3.05, 3.63) is 29.3 Å². The molecule has 0 bridgehead atoms. The van der Waals surface area contributed by atoms with E-state index < -0.39 is 11.6 Å². The molecule has 1 amide bonds. The van der Waals surface area contributed by atoms with Gasteiger partial charge in [0.25, 0.3) is 0 Å². The Bertz CT molecular complexity index is 499. The number of nitrogens with one attached hydrogen (secondary N) is 1. The number of carbonyl (C=O) groups excluding carboxylic acids is 1. The molecule has 1 unspecified atom stereocenters. The van der Waals surface area contributed by atoms with Crippen molar-refractivity contribution in [3.8, 4) is 5.75 Å². The van der Waals surface area contributed by atoms with Gasteiger partial charge in [0.1, 0.15) is 17.4 Å². The number of nitrogens with zero attached hydrogens (tertiary/aromatic N) is 1. The van der Waals surface area contributed by atoms with Crippen LogP contribution in [-0.2, 0) is 11.3 Å². The van der Waals surface area contributed by atoms with Gasteiger partial charge < -0.3 is 10.1 Å². The molecule has 1 atom stereocenters. The van der Waals surface area contributed by atoms with Crippen molar-refractivity contribution in [2.24, 2.45) is 5.92 Å². The van der Waals surface area contributed by atoms with Crippen molar-refractivity contribution >= 4 is 5.91 Å². The Kier molecular flexibility index (Phi) is 5.12. The summed E-state index contributed by atoms with van der Waals surface area (Å²) in [6.07, 6.45) is 1.33. The van der Waals surface area contributed by atoms with Gasteiger partial charge in [-0.25, -0.2) is 8.78 Å². The van der Waals surface area contributed by atoms with Crippen molar-refractivity contribution in [2.75, 3.05) is 27.2 Å². The van der Waals surface area contributed by atoms with Gasteiger partial charge in [-0.2, -0.15) is 0 Å². The van der Waals surface area contributed by atoms with Crippen LogP contribution in [0.3, 0.4) is 0 Å². The van der Waals surface area contributed by atoms with E-state index in [0.717, 1.165) is 13.0 Å². The van der Waals surface area contributed by atoms with Gasteiger partial charge in [-0.05, 0) is 18.9 Å². The lowest BCUT2D eigenvalue weighted by Gasteiger charge is -2.17. The van der Waals surface area contributed by atoms with Gasteiger partial charge in [0.2, 0.25) is 5.91 Å². The number of likely N-dealkylation sites (tertiary alicyclic amines) is 1. The summed E-state index contributed by atoms with van der Waals surface area (Å²) in [6.45, 7) is 1.64. The molecule has 1 heterocycles. The molecule has 2 rings (SSSR count). The summed E-state index contributed by atoms with van der Waals surface area (Å²) in [4.78, 5) is 13.3. The lowest BCUT2D eigenvalue weighted by molar-refractivity contribution is -0.121. The zero-order valence-electron chi connectivity index (χ0n) is 12.3. The molecule has 21 heavy (non-hydrogen) atoms. The van der Waals surface area contributed by atoms with Crippen molar-refractivity contribution in [2.45, 2.75) is 19.4 Å². The topological polar surface area (TPSA) is 41.6 Å². The van der Waals surface area contributed by atoms with E-state index in [-0.39, 0.29) is 29.7 Å². The fourth-order valence-corrected chi connectivity index (χ4v) is 2.66. The molecule has 1 aliphatic heterocycles. The van der Waals surface area contributed by atoms with Crippen molar-refractivity contribution in [1.29, 1.82) is 0 Å². The minimum Gasteiger partial charge on any atom is -0.497 e. The number of rotatable bonds is 5. The number of amides is 1. The summed E-state index contributed by atoms with van der Waals surface area (Å²) < 4.78 is 32.6. The average molecular weight is 298 g/mol. The molecule has 0 spiro atoms. The Morgan fingerprint density at radius 3 is 2.67 bits per heavy atom. The largest absolute Gasteiger partial charge is 0.497 e. The lowest BCUT2D eigenvalue weighted by atomic mass is 10.0. The highest BCUT2D eigenvalue weighted by atomic mass is 19.1. The highest BCUT2D eigenvalue weighted by molar-refractivity contribution is 5.75. The first-order valence-corrected chi connectivity index (χ1v) is 6.98. The zero-order valence-corrected chi connectivity index (χ0v) is 12.3. The highest BCUT2D eigenvalue weighted by Gasteiger charge is 2.26. The summed E-state index contributed by atoms with van der Waals surface area (Å²) in [5.74, 6) is -0.770. The molecule has 1 N–H and O–H groups in total. The fraction of sp³-hybridized carbons (Fsp3) is 0.533. The molecule has 0 saturated carbocycles. The third-order valence-corrected chi connectivity index (χ3v) is 3.85. The van der Waals surface area contributed by atoms with Crippen molar-refractivity contribution < 1.29 is 18.3 Å². The van der Waals surface area contributed by atoms with Crippen LogP contribution >= 0.6 is 0 Å². The maximum Gasteiger partial charge on any atom is 0.220 e. The summed E-state index contributed by atoms with van der Waals surface area (Å²) in [5.41, 5.74) is 0.0522. The van der Waals surface area contributed by atoms with E-state index in [1.54, 1.807) is 7.05 Å². The molecule has 0 aromatic heterocycles. The molecule has 1 fully saturated rings. The first-order chi connectivity index (χ1) is 10.0. The predicted octanol–water partition coefficient (Wildman–Crippen LogP) is 1.93. The Morgan fingerprint density at radius 2 is 2.10 bits per heavy atom. The third kappa shape index (κ3) is 3.91.